The van der Waals surface area contributed by atoms with Crippen LogP contribution in [-0.4, -0.2) is 20.4 Å². The summed E-state index contributed by atoms with van der Waals surface area (Å²) in [4.78, 5) is 0. The summed E-state index contributed by atoms with van der Waals surface area (Å²) in [6.45, 7) is 11.9. The third kappa shape index (κ3) is 6.74. The second kappa shape index (κ2) is 12.5. The summed E-state index contributed by atoms with van der Waals surface area (Å²) in [5, 5.41) is 38.5. The molecule has 0 saturated carbocycles. The molecule has 0 spiro atoms. The number of rotatable bonds is 1. The van der Waals surface area contributed by atoms with Crippen molar-refractivity contribution in [3.8, 4) is 23.0 Å². The third-order valence-corrected chi connectivity index (χ3v) is 3.54. The largest absolute Gasteiger partial charge is 0.507 e. The summed E-state index contributed by atoms with van der Waals surface area (Å²) in [5.74, 6) is 0.590. The lowest BCUT2D eigenvalue weighted by molar-refractivity contribution is 0.397. The summed E-state index contributed by atoms with van der Waals surface area (Å²) in [6, 6.07) is 15.2. The predicted octanol–water partition coefficient (Wildman–Crippen LogP) is 6.52. The molecule has 148 valence electrons. The Morgan fingerprint density at radius 2 is 0.926 bits per heavy atom. The van der Waals surface area contributed by atoms with E-state index in [2.05, 4.69) is 0 Å². The van der Waals surface area contributed by atoms with Crippen LogP contribution < -0.4 is 0 Å². The Balaban J connectivity index is 0.000000425. The van der Waals surface area contributed by atoms with Crippen molar-refractivity contribution in [3.63, 3.8) is 0 Å². The molecule has 0 bridgehead atoms. The van der Waals surface area contributed by atoms with Crippen molar-refractivity contribution in [1.82, 2.24) is 0 Å². The highest BCUT2D eigenvalue weighted by atomic mass is 16.3. The average molecular weight is 373 g/mol. The highest BCUT2D eigenvalue weighted by Crippen LogP contribution is 2.33. The Morgan fingerprint density at radius 3 is 1.30 bits per heavy atom. The van der Waals surface area contributed by atoms with Crippen molar-refractivity contribution in [2.45, 2.75) is 47.5 Å². The summed E-state index contributed by atoms with van der Waals surface area (Å²) in [7, 11) is 0. The van der Waals surface area contributed by atoms with E-state index >= 15 is 0 Å². The molecule has 0 saturated heterocycles. The third-order valence-electron chi connectivity index (χ3n) is 3.54. The zero-order valence-corrected chi connectivity index (χ0v) is 17.1. The van der Waals surface area contributed by atoms with Crippen molar-refractivity contribution < 1.29 is 20.4 Å². The highest BCUT2D eigenvalue weighted by Gasteiger charge is 2.07. The fraction of sp³-hybridized carbons (Fsp3) is 0.304. The maximum Gasteiger partial charge on any atom is 0.160 e. The zero-order chi connectivity index (χ0) is 21.0. The number of hydrogen-bond acceptors (Lipinski definition) is 4. The van der Waals surface area contributed by atoms with Gasteiger partial charge in [-0.25, -0.2) is 0 Å². The van der Waals surface area contributed by atoms with Gasteiger partial charge in [0.1, 0.15) is 11.5 Å². The zero-order valence-electron chi connectivity index (χ0n) is 17.1. The number of aromatic hydroxyl groups is 4. The van der Waals surface area contributed by atoms with Crippen LogP contribution in [0.2, 0.25) is 0 Å². The molecule has 0 aliphatic rings. The van der Waals surface area contributed by atoms with Gasteiger partial charge in [-0.15, -0.1) is 0 Å². The molecule has 4 heteroatoms. The molecule has 3 aromatic rings. The van der Waals surface area contributed by atoms with E-state index in [0.717, 1.165) is 5.56 Å². The van der Waals surface area contributed by atoms with Gasteiger partial charge in [0.25, 0.3) is 0 Å². The molecule has 0 fully saturated rings. The van der Waals surface area contributed by atoms with E-state index in [1.165, 1.54) is 6.07 Å². The standard InChI is InChI=1S/C10H8O2.C9H12O2.2C2H6/c11-9-5-1-3-7-8(9)4-2-6-10(7)12;1-6(2)7-4-3-5-8(10)9(7)11;2*1-2/h1-6,11-12H;3-6,10-11H,1-2H3;2*1-2H3. The van der Waals surface area contributed by atoms with Crippen molar-refractivity contribution >= 4 is 10.8 Å². The Kier molecular flexibility index (Phi) is 11.1. The first-order valence-corrected chi connectivity index (χ1v) is 9.32. The van der Waals surface area contributed by atoms with Gasteiger partial charge in [-0.05, 0) is 24.1 Å². The molecule has 0 heterocycles. The van der Waals surface area contributed by atoms with Crippen LogP contribution in [0.25, 0.3) is 10.8 Å². The first kappa shape index (κ1) is 24.1. The van der Waals surface area contributed by atoms with E-state index in [1.807, 2.05) is 41.5 Å². The predicted molar refractivity (Wildman–Crippen MR) is 114 cm³/mol. The van der Waals surface area contributed by atoms with E-state index in [9.17, 15) is 15.3 Å². The van der Waals surface area contributed by atoms with Gasteiger partial charge >= 0.3 is 0 Å². The fourth-order valence-corrected chi connectivity index (χ4v) is 2.29. The van der Waals surface area contributed by atoms with E-state index < -0.39 is 0 Å². The number of phenolic OH excluding ortho intramolecular Hbond substituents is 4. The van der Waals surface area contributed by atoms with Crippen molar-refractivity contribution in [2.75, 3.05) is 0 Å². The lowest BCUT2D eigenvalue weighted by atomic mass is 10.0. The Labute approximate surface area is 162 Å². The molecule has 27 heavy (non-hydrogen) atoms. The average Bonchev–Trinajstić information content (AvgIpc) is 2.68. The number of phenols is 4. The fourth-order valence-electron chi connectivity index (χ4n) is 2.29. The molecular weight excluding hydrogens is 340 g/mol. The molecule has 4 N–H and O–H groups in total. The molecular formula is C23H32O4. The van der Waals surface area contributed by atoms with Gasteiger partial charge in [-0.2, -0.15) is 0 Å². The Morgan fingerprint density at radius 1 is 0.556 bits per heavy atom. The highest BCUT2D eigenvalue weighted by molar-refractivity contribution is 5.92. The van der Waals surface area contributed by atoms with E-state index in [0.29, 0.717) is 10.8 Å². The van der Waals surface area contributed by atoms with Crippen LogP contribution >= 0.6 is 0 Å². The first-order chi connectivity index (χ1) is 12.9. The van der Waals surface area contributed by atoms with Crippen molar-refractivity contribution in [1.29, 1.82) is 0 Å². The second-order valence-corrected chi connectivity index (χ2v) is 5.52. The van der Waals surface area contributed by atoms with Crippen LogP contribution in [0.4, 0.5) is 0 Å². The minimum absolute atomic E-state index is 0.00231. The van der Waals surface area contributed by atoms with Crippen LogP contribution in [0.5, 0.6) is 23.0 Å². The monoisotopic (exact) mass is 372 g/mol. The van der Waals surface area contributed by atoms with Gasteiger partial charge in [-0.3, -0.25) is 0 Å². The maximum absolute atomic E-state index is 9.38. The molecule has 0 aliphatic carbocycles. The lowest BCUT2D eigenvalue weighted by Crippen LogP contribution is -1.86. The molecule has 4 nitrogen and oxygen atoms in total. The smallest absolute Gasteiger partial charge is 0.160 e. The summed E-state index contributed by atoms with van der Waals surface area (Å²) in [6.07, 6.45) is 0. The topological polar surface area (TPSA) is 80.9 Å². The molecule has 3 rings (SSSR count). The maximum atomic E-state index is 9.38. The molecule has 0 amide bonds. The summed E-state index contributed by atoms with van der Waals surface area (Å²) in [5.41, 5.74) is 0.782. The quantitative estimate of drug-likeness (QED) is 0.366. The summed E-state index contributed by atoms with van der Waals surface area (Å²) >= 11 is 0. The van der Waals surface area contributed by atoms with Crippen LogP contribution in [0.1, 0.15) is 53.0 Å². The first-order valence-electron chi connectivity index (χ1n) is 9.32. The van der Waals surface area contributed by atoms with Crippen LogP contribution in [0, 0.1) is 0 Å². The molecule has 0 aromatic heterocycles. The van der Waals surface area contributed by atoms with Crippen LogP contribution in [0.3, 0.4) is 0 Å². The van der Waals surface area contributed by atoms with Gasteiger partial charge in [0.2, 0.25) is 0 Å². The van der Waals surface area contributed by atoms with Gasteiger partial charge in [-0.1, -0.05) is 77.9 Å². The SMILES string of the molecule is CC.CC.CC(C)c1cccc(O)c1O.Oc1cccc2c(O)cccc12. The summed E-state index contributed by atoms with van der Waals surface area (Å²) < 4.78 is 0. The van der Waals surface area contributed by atoms with E-state index in [1.54, 1.807) is 48.5 Å². The Hall–Kier alpha value is -2.88. The van der Waals surface area contributed by atoms with Gasteiger partial charge in [0, 0.05) is 16.3 Å². The molecule has 0 radical (unpaired) electrons. The minimum atomic E-state index is -0.0452. The van der Waals surface area contributed by atoms with Crippen molar-refractivity contribution in [2.24, 2.45) is 0 Å². The number of hydrogen-bond donors (Lipinski definition) is 4. The number of para-hydroxylation sites is 1. The number of benzene rings is 3. The van der Waals surface area contributed by atoms with Crippen LogP contribution in [0.15, 0.2) is 54.6 Å². The molecule has 0 aliphatic heterocycles. The van der Waals surface area contributed by atoms with E-state index in [-0.39, 0.29) is 28.9 Å². The lowest BCUT2D eigenvalue weighted by Gasteiger charge is -2.08. The normalized spacial score (nSPS) is 9.30. The second-order valence-electron chi connectivity index (χ2n) is 5.52. The van der Waals surface area contributed by atoms with E-state index in [4.69, 9.17) is 5.11 Å². The molecule has 0 atom stereocenters. The van der Waals surface area contributed by atoms with Gasteiger partial charge in [0.05, 0.1) is 0 Å². The van der Waals surface area contributed by atoms with Crippen molar-refractivity contribution in [3.05, 3.63) is 60.2 Å². The minimum Gasteiger partial charge on any atom is -0.507 e. The molecule has 0 unspecified atom stereocenters. The van der Waals surface area contributed by atoms with Gasteiger partial charge < -0.3 is 20.4 Å². The van der Waals surface area contributed by atoms with Gasteiger partial charge in [0.15, 0.2) is 11.5 Å². The number of fused-ring (bicyclic) bond motifs is 1. The van der Waals surface area contributed by atoms with Crippen LogP contribution in [-0.2, 0) is 0 Å². The molecule has 3 aromatic carbocycles. The Bertz CT molecular complexity index is 769.